The van der Waals surface area contributed by atoms with Gasteiger partial charge in [0.05, 0.1) is 6.67 Å². The molecular formula is C6H11FO. The summed E-state index contributed by atoms with van der Waals surface area (Å²) in [5.41, 5.74) is 0. The van der Waals surface area contributed by atoms with E-state index in [-0.39, 0.29) is 18.4 Å². The van der Waals surface area contributed by atoms with Crippen LogP contribution in [0.3, 0.4) is 0 Å². The van der Waals surface area contributed by atoms with Gasteiger partial charge >= 0.3 is 0 Å². The highest BCUT2D eigenvalue weighted by Gasteiger charge is 2.04. The predicted molar refractivity (Wildman–Crippen MR) is 30.4 cm³/mol. The molecule has 0 amide bonds. The number of hydrogen-bond donors (Lipinski definition) is 0. The average Bonchev–Trinajstić information content (AvgIpc) is 1.67. The molecular weight excluding hydrogens is 107 g/mol. The van der Waals surface area contributed by atoms with Gasteiger partial charge in [0.15, 0.2) is 0 Å². The Balaban J connectivity index is 3.32. The molecule has 0 saturated heterocycles. The summed E-state index contributed by atoms with van der Waals surface area (Å²) >= 11 is 0. The van der Waals surface area contributed by atoms with Gasteiger partial charge in [0.2, 0.25) is 0 Å². The second kappa shape index (κ2) is 3.58. The van der Waals surface area contributed by atoms with Crippen molar-refractivity contribution in [3.63, 3.8) is 0 Å². The maximum Gasteiger partial charge on any atom is 0.132 e. The van der Waals surface area contributed by atoms with E-state index in [0.717, 1.165) is 0 Å². The van der Waals surface area contributed by atoms with Crippen LogP contribution in [0.4, 0.5) is 4.39 Å². The highest BCUT2D eigenvalue weighted by atomic mass is 19.1. The fraction of sp³-hybridized carbons (Fsp3) is 0.833. The second-order valence-corrected chi connectivity index (χ2v) is 1.99. The van der Waals surface area contributed by atoms with E-state index in [9.17, 15) is 9.18 Å². The van der Waals surface area contributed by atoms with Gasteiger partial charge in [0, 0.05) is 5.92 Å². The molecule has 0 spiro atoms. The fourth-order valence-electron chi connectivity index (χ4n) is 0.367. The smallest absolute Gasteiger partial charge is 0.132 e. The summed E-state index contributed by atoms with van der Waals surface area (Å²) in [5.74, 6) is -0.0253. The number of rotatable bonds is 3. The van der Waals surface area contributed by atoms with Crippen LogP contribution in [-0.2, 0) is 4.79 Å². The van der Waals surface area contributed by atoms with Gasteiger partial charge in [-0.3, -0.25) is 9.18 Å². The molecule has 0 N–H and O–H groups in total. The molecule has 0 heterocycles. The van der Waals surface area contributed by atoms with E-state index < -0.39 is 0 Å². The number of ketones is 1. The first-order valence-corrected chi connectivity index (χ1v) is 2.75. The normalized spacial score (nSPS) is 13.4. The van der Waals surface area contributed by atoms with Gasteiger partial charge in [-0.25, -0.2) is 0 Å². The Hall–Kier alpha value is -0.400. The summed E-state index contributed by atoms with van der Waals surface area (Å²) in [5, 5.41) is 0. The van der Waals surface area contributed by atoms with E-state index in [0.29, 0.717) is 6.42 Å². The minimum Gasteiger partial charge on any atom is -0.300 e. The highest BCUT2D eigenvalue weighted by Crippen LogP contribution is 2.01. The zero-order chi connectivity index (χ0) is 6.57. The largest absolute Gasteiger partial charge is 0.300 e. The number of halogens is 1. The number of Topliss-reactive ketones (excluding diaryl/α,β-unsaturated/α-hetero) is 1. The molecule has 0 aliphatic rings. The Kier molecular flexibility index (Phi) is 3.40. The van der Waals surface area contributed by atoms with Crippen molar-refractivity contribution in [3.8, 4) is 0 Å². The van der Waals surface area contributed by atoms with E-state index in [1.807, 2.05) is 0 Å². The van der Waals surface area contributed by atoms with Gasteiger partial charge in [-0.2, -0.15) is 0 Å². The van der Waals surface area contributed by atoms with Gasteiger partial charge in [-0.15, -0.1) is 0 Å². The molecule has 2 heteroatoms. The van der Waals surface area contributed by atoms with Crippen LogP contribution in [0.15, 0.2) is 0 Å². The number of carbonyl (C=O) groups excluding carboxylic acids is 1. The summed E-state index contributed by atoms with van der Waals surface area (Å²) in [6.45, 7) is 2.84. The topological polar surface area (TPSA) is 17.1 Å². The highest BCUT2D eigenvalue weighted by molar-refractivity contribution is 5.77. The van der Waals surface area contributed by atoms with E-state index in [4.69, 9.17) is 0 Å². The average molecular weight is 118 g/mol. The fourth-order valence-corrected chi connectivity index (χ4v) is 0.367. The Morgan fingerprint density at radius 1 is 1.75 bits per heavy atom. The SMILES string of the molecule is CC(=O)C(C)CCF. The Morgan fingerprint density at radius 2 is 2.25 bits per heavy atom. The zero-order valence-corrected chi connectivity index (χ0v) is 5.28. The minimum atomic E-state index is -0.388. The summed E-state index contributed by atoms with van der Waals surface area (Å²) < 4.78 is 11.5. The third-order valence-corrected chi connectivity index (χ3v) is 1.24. The van der Waals surface area contributed by atoms with Crippen LogP contribution < -0.4 is 0 Å². The first kappa shape index (κ1) is 7.60. The van der Waals surface area contributed by atoms with E-state index >= 15 is 0 Å². The summed E-state index contributed by atoms with van der Waals surface area (Å²) in [6.07, 6.45) is 0.370. The van der Waals surface area contributed by atoms with Crippen molar-refractivity contribution < 1.29 is 9.18 Å². The molecule has 0 aromatic carbocycles. The quantitative estimate of drug-likeness (QED) is 0.549. The monoisotopic (exact) mass is 118 g/mol. The molecule has 0 aliphatic carbocycles. The number of carbonyl (C=O) groups is 1. The molecule has 0 rings (SSSR count). The van der Waals surface area contributed by atoms with E-state index in [2.05, 4.69) is 0 Å². The number of hydrogen-bond acceptors (Lipinski definition) is 1. The maximum absolute atomic E-state index is 11.5. The van der Waals surface area contributed by atoms with Gasteiger partial charge in [0.25, 0.3) is 0 Å². The maximum atomic E-state index is 11.5. The second-order valence-electron chi connectivity index (χ2n) is 1.99. The Bertz CT molecular complexity index is 80.6. The lowest BCUT2D eigenvalue weighted by molar-refractivity contribution is -0.120. The van der Waals surface area contributed by atoms with Crippen molar-refractivity contribution in [2.45, 2.75) is 20.3 Å². The summed E-state index contributed by atoms with van der Waals surface area (Å²) in [6, 6.07) is 0. The van der Waals surface area contributed by atoms with Crippen molar-refractivity contribution in [3.05, 3.63) is 0 Å². The lowest BCUT2D eigenvalue weighted by Crippen LogP contribution is -2.06. The van der Waals surface area contributed by atoms with Crippen molar-refractivity contribution in [2.24, 2.45) is 5.92 Å². The molecule has 0 radical (unpaired) electrons. The van der Waals surface area contributed by atoms with Crippen molar-refractivity contribution in [2.75, 3.05) is 6.67 Å². The zero-order valence-electron chi connectivity index (χ0n) is 5.28. The van der Waals surface area contributed by atoms with Crippen LogP contribution in [-0.4, -0.2) is 12.5 Å². The van der Waals surface area contributed by atoms with Crippen LogP contribution in [0, 0.1) is 5.92 Å². The summed E-state index contributed by atoms with van der Waals surface area (Å²) in [4.78, 5) is 10.4. The molecule has 0 aromatic heterocycles. The molecule has 0 bridgehead atoms. The standard InChI is InChI=1S/C6H11FO/c1-5(3-4-7)6(2)8/h5H,3-4H2,1-2H3. The van der Waals surface area contributed by atoms with Crippen molar-refractivity contribution in [1.29, 1.82) is 0 Å². The van der Waals surface area contributed by atoms with Gasteiger partial charge in [-0.05, 0) is 13.3 Å². The first-order chi connectivity index (χ1) is 3.68. The molecule has 0 aromatic rings. The van der Waals surface area contributed by atoms with E-state index in [1.165, 1.54) is 6.92 Å². The molecule has 8 heavy (non-hydrogen) atoms. The Labute approximate surface area is 48.9 Å². The lowest BCUT2D eigenvalue weighted by Gasteiger charge is -2.00. The van der Waals surface area contributed by atoms with Crippen LogP contribution >= 0.6 is 0 Å². The van der Waals surface area contributed by atoms with Gasteiger partial charge < -0.3 is 0 Å². The van der Waals surface area contributed by atoms with Crippen molar-refractivity contribution in [1.82, 2.24) is 0 Å². The first-order valence-electron chi connectivity index (χ1n) is 2.75. The van der Waals surface area contributed by atoms with Crippen LogP contribution in [0.5, 0.6) is 0 Å². The van der Waals surface area contributed by atoms with Crippen molar-refractivity contribution >= 4 is 5.78 Å². The van der Waals surface area contributed by atoms with Gasteiger partial charge in [0.1, 0.15) is 5.78 Å². The lowest BCUT2D eigenvalue weighted by atomic mass is 10.1. The van der Waals surface area contributed by atoms with Gasteiger partial charge in [-0.1, -0.05) is 6.92 Å². The number of alkyl halides is 1. The predicted octanol–water partition coefficient (Wildman–Crippen LogP) is 1.57. The van der Waals surface area contributed by atoms with Crippen LogP contribution in [0.25, 0.3) is 0 Å². The molecule has 0 fully saturated rings. The third-order valence-electron chi connectivity index (χ3n) is 1.24. The molecule has 48 valence electrons. The minimum absolute atomic E-state index is 0.0719. The third kappa shape index (κ3) is 2.72. The van der Waals surface area contributed by atoms with E-state index in [1.54, 1.807) is 6.92 Å². The molecule has 1 unspecified atom stereocenters. The molecule has 1 nitrogen and oxygen atoms in total. The van der Waals surface area contributed by atoms with Crippen LogP contribution in [0.1, 0.15) is 20.3 Å². The molecule has 0 saturated carbocycles. The van der Waals surface area contributed by atoms with Crippen LogP contribution in [0.2, 0.25) is 0 Å². The Morgan fingerprint density at radius 3 is 2.38 bits per heavy atom. The molecule has 0 aliphatic heterocycles. The molecule has 1 atom stereocenters. The summed E-state index contributed by atoms with van der Waals surface area (Å²) in [7, 11) is 0.